The van der Waals surface area contributed by atoms with Gasteiger partial charge in [-0.05, 0) is 24.9 Å². The third-order valence-electron chi connectivity index (χ3n) is 3.45. The van der Waals surface area contributed by atoms with Crippen LogP contribution in [0.25, 0.3) is 0 Å². The Labute approximate surface area is 96.2 Å². The SMILES string of the molecule is CCC1CCN(Cc2cccc(N)c2F)C1. The first-order valence-electron chi connectivity index (χ1n) is 5.96. The van der Waals surface area contributed by atoms with E-state index < -0.39 is 0 Å². The van der Waals surface area contributed by atoms with Crippen LogP contribution in [-0.4, -0.2) is 18.0 Å². The lowest BCUT2D eigenvalue weighted by Gasteiger charge is -2.16. The fourth-order valence-corrected chi connectivity index (χ4v) is 2.35. The van der Waals surface area contributed by atoms with Gasteiger partial charge in [-0.2, -0.15) is 0 Å². The molecule has 2 nitrogen and oxygen atoms in total. The summed E-state index contributed by atoms with van der Waals surface area (Å²) in [6, 6.07) is 5.25. The molecule has 16 heavy (non-hydrogen) atoms. The molecule has 0 aliphatic carbocycles. The zero-order valence-electron chi connectivity index (χ0n) is 9.75. The van der Waals surface area contributed by atoms with Gasteiger partial charge in [0.2, 0.25) is 0 Å². The van der Waals surface area contributed by atoms with Crippen molar-refractivity contribution in [3.05, 3.63) is 29.6 Å². The molecular formula is C13H19FN2. The van der Waals surface area contributed by atoms with Gasteiger partial charge < -0.3 is 5.73 Å². The third kappa shape index (κ3) is 2.35. The maximum atomic E-state index is 13.7. The number of halogens is 1. The maximum absolute atomic E-state index is 13.7. The van der Waals surface area contributed by atoms with Crippen molar-refractivity contribution in [1.82, 2.24) is 4.90 Å². The molecule has 1 heterocycles. The lowest BCUT2D eigenvalue weighted by Crippen LogP contribution is -2.20. The van der Waals surface area contributed by atoms with Gasteiger partial charge in [0, 0.05) is 18.7 Å². The minimum atomic E-state index is -0.248. The highest BCUT2D eigenvalue weighted by Crippen LogP contribution is 2.23. The van der Waals surface area contributed by atoms with Crippen LogP contribution in [0, 0.1) is 11.7 Å². The zero-order valence-corrected chi connectivity index (χ0v) is 9.75. The largest absolute Gasteiger partial charge is 0.396 e. The molecule has 0 amide bonds. The van der Waals surface area contributed by atoms with Crippen LogP contribution in [0.1, 0.15) is 25.3 Å². The quantitative estimate of drug-likeness (QED) is 0.797. The van der Waals surface area contributed by atoms with Crippen LogP contribution in [-0.2, 0) is 6.54 Å². The number of anilines is 1. The Bertz CT molecular complexity index is 365. The van der Waals surface area contributed by atoms with E-state index in [1.165, 1.54) is 12.8 Å². The van der Waals surface area contributed by atoms with Crippen molar-refractivity contribution in [1.29, 1.82) is 0 Å². The van der Waals surface area contributed by atoms with Crippen molar-refractivity contribution >= 4 is 5.69 Å². The molecule has 0 saturated carbocycles. The summed E-state index contributed by atoms with van der Waals surface area (Å²) in [5, 5.41) is 0. The van der Waals surface area contributed by atoms with Gasteiger partial charge in [-0.25, -0.2) is 4.39 Å². The van der Waals surface area contributed by atoms with E-state index >= 15 is 0 Å². The predicted molar refractivity (Wildman–Crippen MR) is 64.5 cm³/mol. The molecule has 2 rings (SSSR count). The topological polar surface area (TPSA) is 29.3 Å². The van der Waals surface area contributed by atoms with Gasteiger partial charge in [-0.1, -0.05) is 25.5 Å². The standard InChI is InChI=1S/C13H19FN2/c1-2-10-6-7-16(8-10)9-11-4-3-5-12(15)13(11)14/h3-5,10H,2,6-9,15H2,1H3. The number of likely N-dealkylation sites (tertiary alicyclic amines) is 1. The van der Waals surface area contributed by atoms with E-state index in [9.17, 15) is 4.39 Å². The number of nitrogens with two attached hydrogens (primary N) is 1. The molecule has 3 heteroatoms. The van der Waals surface area contributed by atoms with Gasteiger partial charge in [0.1, 0.15) is 0 Å². The molecule has 1 atom stereocenters. The highest BCUT2D eigenvalue weighted by atomic mass is 19.1. The van der Waals surface area contributed by atoms with E-state index in [4.69, 9.17) is 5.73 Å². The molecule has 88 valence electrons. The summed E-state index contributed by atoms with van der Waals surface area (Å²) >= 11 is 0. The minimum absolute atomic E-state index is 0.248. The van der Waals surface area contributed by atoms with Crippen molar-refractivity contribution in [2.24, 2.45) is 5.92 Å². The smallest absolute Gasteiger partial charge is 0.150 e. The lowest BCUT2D eigenvalue weighted by molar-refractivity contribution is 0.310. The van der Waals surface area contributed by atoms with E-state index in [2.05, 4.69) is 11.8 Å². The highest BCUT2D eigenvalue weighted by Gasteiger charge is 2.21. The summed E-state index contributed by atoms with van der Waals surface area (Å²) in [7, 11) is 0. The van der Waals surface area contributed by atoms with Crippen LogP contribution in [0.15, 0.2) is 18.2 Å². The molecule has 0 spiro atoms. The molecule has 1 aromatic rings. The van der Waals surface area contributed by atoms with E-state index in [0.717, 1.165) is 24.6 Å². The van der Waals surface area contributed by atoms with Gasteiger partial charge in [0.15, 0.2) is 5.82 Å². The number of benzene rings is 1. The first-order chi connectivity index (χ1) is 7.70. The average Bonchev–Trinajstić information content (AvgIpc) is 2.73. The molecule has 0 aromatic heterocycles. The first kappa shape index (κ1) is 11.4. The Kier molecular flexibility index (Phi) is 3.44. The number of nitrogen functional groups attached to an aromatic ring is 1. The summed E-state index contributed by atoms with van der Waals surface area (Å²) < 4.78 is 13.7. The van der Waals surface area contributed by atoms with Crippen molar-refractivity contribution in [2.75, 3.05) is 18.8 Å². The summed E-state index contributed by atoms with van der Waals surface area (Å²) in [6.07, 6.45) is 2.45. The molecule has 0 radical (unpaired) electrons. The molecule has 1 fully saturated rings. The normalized spacial score (nSPS) is 21.5. The van der Waals surface area contributed by atoms with Crippen LogP contribution in [0.3, 0.4) is 0 Å². The second-order valence-electron chi connectivity index (χ2n) is 4.62. The van der Waals surface area contributed by atoms with Gasteiger partial charge in [-0.3, -0.25) is 4.90 Å². The fraction of sp³-hybridized carbons (Fsp3) is 0.538. The Morgan fingerprint density at radius 3 is 3.00 bits per heavy atom. The second kappa shape index (κ2) is 4.83. The van der Waals surface area contributed by atoms with E-state index in [1.54, 1.807) is 6.07 Å². The van der Waals surface area contributed by atoms with Gasteiger partial charge >= 0.3 is 0 Å². The molecule has 1 unspecified atom stereocenters. The Balaban J connectivity index is 2.02. The predicted octanol–water partition coefficient (Wildman–Crippen LogP) is 2.64. The average molecular weight is 222 g/mol. The van der Waals surface area contributed by atoms with Crippen molar-refractivity contribution in [2.45, 2.75) is 26.3 Å². The summed E-state index contributed by atoms with van der Waals surface area (Å²) in [4.78, 5) is 2.31. The molecular weight excluding hydrogens is 203 g/mol. The van der Waals surface area contributed by atoms with Crippen LogP contribution >= 0.6 is 0 Å². The zero-order chi connectivity index (χ0) is 11.5. The Hall–Kier alpha value is -1.09. The summed E-state index contributed by atoms with van der Waals surface area (Å²) in [6.45, 7) is 5.07. The van der Waals surface area contributed by atoms with Crippen molar-refractivity contribution in [3.8, 4) is 0 Å². The summed E-state index contributed by atoms with van der Waals surface area (Å²) in [5.74, 6) is 0.534. The minimum Gasteiger partial charge on any atom is -0.396 e. The van der Waals surface area contributed by atoms with Gasteiger partial charge in [0.05, 0.1) is 5.69 Å². The fourth-order valence-electron chi connectivity index (χ4n) is 2.35. The lowest BCUT2D eigenvalue weighted by atomic mass is 10.1. The van der Waals surface area contributed by atoms with Crippen molar-refractivity contribution in [3.63, 3.8) is 0 Å². The van der Waals surface area contributed by atoms with Gasteiger partial charge in [0.25, 0.3) is 0 Å². The molecule has 1 aliphatic rings. The molecule has 1 aromatic carbocycles. The summed E-state index contributed by atoms with van der Waals surface area (Å²) in [5.41, 5.74) is 6.53. The molecule has 0 bridgehead atoms. The number of hydrogen-bond acceptors (Lipinski definition) is 2. The third-order valence-corrected chi connectivity index (χ3v) is 3.45. The second-order valence-corrected chi connectivity index (χ2v) is 4.62. The van der Waals surface area contributed by atoms with Crippen molar-refractivity contribution < 1.29 is 4.39 Å². The monoisotopic (exact) mass is 222 g/mol. The van der Waals surface area contributed by atoms with E-state index in [0.29, 0.717) is 6.54 Å². The van der Waals surface area contributed by atoms with Crippen LogP contribution in [0.5, 0.6) is 0 Å². The number of hydrogen-bond donors (Lipinski definition) is 1. The van der Waals surface area contributed by atoms with E-state index in [-0.39, 0.29) is 11.5 Å². The highest BCUT2D eigenvalue weighted by molar-refractivity contribution is 5.42. The number of nitrogens with zero attached hydrogens (tertiary/aromatic N) is 1. The van der Waals surface area contributed by atoms with Crippen LogP contribution in [0.4, 0.5) is 10.1 Å². The molecule has 2 N–H and O–H groups in total. The van der Waals surface area contributed by atoms with Crippen LogP contribution in [0.2, 0.25) is 0 Å². The van der Waals surface area contributed by atoms with Crippen LogP contribution < -0.4 is 5.73 Å². The Morgan fingerprint density at radius 1 is 1.50 bits per heavy atom. The molecule has 1 aliphatic heterocycles. The Morgan fingerprint density at radius 2 is 2.31 bits per heavy atom. The first-order valence-corrected chi connectivity index (χ1v) is 5.96. The van der Waals surface area contributed by atoms with Gasteiger partial charge in [-0.15, -0.1) is 0 Å². The molecule has 1 saturated heterocycles. The maximum Gasteiger partial charge on any atom is 0.150 e. The number of rotatable bonds is 3. The van der Waals surface area contributed by atoms with E-state index in [1.807, 2.05) is 12.1 Å².